The van der Waals surface area contributed by atoms with E-state index >= 15 is 0 Å². The van der Waals surface area contributed by atoms with Gasteiger partial charge in [0.2, 0.25) is 5.82 Å². The van der Waals surface area contributed by atoms with Crippen LogP contribution in [-0.2, 0) is 0 Å². The lowest BCUT2D eigenvalue weighted by atomic mass is 10.1. The van der Waals surface area contributed by atoms with Gasteiger partial charge in [0.25, 0.3) is 5.89 Å². The third kappa shape index (κ3) is 3.55. The van der Waals surface area contributed by atoms with Crippen LogP contribution in [-0.4, -0.2) is 28.2 Å². The van der Waals surface area contributed by atoms with Gasteiger partial charge in [-0.2, -0.15) is 4.98 Å². The van der Waals surface area contributed by atoms with Crippen molar-refractivity contribution in [3.05, 3.63) is 48.2 Å². The molecule has 5 heteroatoms. The van der Waals surface area contributed by atoms with E-state index < -0.39 is 0 Å². The van der Waals surface area contributed by atoms with Gasteiger partial charge in [0.05, 0.1) is 5.56 Å². The van der Waals surface area contributed by atoms with E-state index in [1.165, 1.54) is 31.2 Å². The Balaban J connectivity index is 1.53. The molecule has 128 valence electrons. The maximum atomic E-state index is 5.43. The molecule has 2 aromatic heterocycles. The third-order valence-electron chi connectivity index (χ3n) is 4.66. The molecule has 1 aromatic carbocycles. The Labute approximate surface area is 147 Å². The van der Waals surface area contributed by atoms with E-state index in [0.717, 1.165) is 30.0 Å². The van der Waals surface area contributed by atoms with Gasteiger partial charge in [-0.15, -0.1) is 0 Å². The highest BCUT2D eigenvalue weighted by atomic mass is 16.5. The molecule has 0 spiro atoms. The summed E-state index contributed by atoms with van der Waals surface area (Å²) in [5.41, 5.74) is 3.01. The molecule has 1 saturated heterocycles. The zero-order valence-electron chi connectivity index (χ0n) is 14.5. The summed E-state index contributed by atoms with van der Waals surface area (Å²) in [6.07, 6.45) is 6.95. The van der Waals surface area contributed by atoms with Crippen LogP contribution >= 0.6 is 0 Å². The van der Waals surface area contributed by atoms with E-state index in [0.29, 0.717) is 11.7 Å². The summed E-state index contributed by atoms with van der Waals surface area (Å²) in [5, 5.41) is 4.09. The lowest BCUT2D eigenvalue weighted by Gasteiger charge is -2.21. The van der Waals surface area contributed by atoms with Crippen LogP contribution in [0.1, 0.15) is 31.2 Å². The fourth-order valence-electron chi connectivity index (χ4n) is 3.16. The minimum absolute atomic E-state index is 0.505. The fourth-order valence-corrected chi connectivity index (χ4v) is 3.16. The van der Waals surface area contributed by atoms with Gasteiger partial charge >= 0.3 is 0 Å². The molecular formula is C20H22N4O. The van der Waals surface area contributed by atoms with Crippen LogP contribution in [0.5, 0.6) is 0 Å². The predicted molar refractivity (Wildman–Crippen MR) is 98.4 cm³/mol. The number of hydrogen-bond acceptors (Lipinski definition) is 5. The number of aryl methyl sites for hydroxylation is 1. The topological polar surface area (TPSA) is 55.1 Å². The zero-order valence-corrected chi connectivity index (χ0v) is 14.5. The number of aromatic nitrogens is 3. The van der Waals surface area contributed by atoms with Gasteiger partial charge < -0.3 is 9.42 Å². The lowest BCUT2D eigenvalue weighted by Crippen LogP contribution is -2.24. The van der Waals surface area contributed by atoms with Crippen molar-refractivity contribution in [3.63, 3.8) is 0 Å². The van der Waals surface area contributed by atoms with Crippen molar-refractivity contribution in [2.45, 2.75) is 32.6 Å². The van der Waals surface area contributed by atoms with Crippen LogP contribution in [0, 0.1) is 6.92 Å². The average Bonchev–Trinajstić information content (AvgIpc) is 2.98. The summed E-state index contributed by atoms with van der Waals surface area (Å²) in [6.45, 7) is 4.23. The average molecular weight is 334 g/mol. The molecule has 0 N–H and O–H groups in total. The van der Waals surface area contributed by atoms with Crippen molar-refractivity contribution in [2.75, 3.05) is 18.0 Å². The first-order chi connectivity index (χ1) is 12.3. The van der Waals surface area contributed by atoms with Gasteiger partial charge in [0.1, 0.15) is 5.82 Å². The van der Waals surface area contributed by atoms with Crippen molar-refractivity contribution in [2.24, 2.45) is 0 Å². The maximum absolute atomic E-state index is 5.43. The molecule has 0 aliphatic carbocycles. The number of pyridine rings is 1. The highest BCUT2D eigenvalue weighted by Crippen LogP contribution is 2.24. The monoisotopic (exact) mass is 334 g/mol. The van der Waals surface area contributed by atoms with E-state index in [1.807, 2.05) is 36.5 Å². The van der Waals surface area contributed by atoms with Crippen LogP contribution in [0.4, 0.5) is 5.82 Å². The molecule has 0 unspecified atom stereocenters. The summed E-state index contributed by atoms with van der Waals surface area (Å²) < 4.78 is 5.43. The molecule has 1 aliphatic heterocycles. The highest BCUT2D eigenvalue weighted by molar-refractivity contribution is 5.60. The van der Waals surface area contributed by atoms with E-state index in [1.54, 1.807) is 0 Å². The van der Waals surface area contributed by atoms with Crippen LogP contribution in [0.25, 0.3) is 22.8 Å². The first-order valence-corrected chi connectivity index (χ1v) is 8.92. The Morgan fingerprint density at radius 1 is 0.880 bits per heavy atom. The highest BCUT2D eigenvalue weighted by Gasteiger charge is 2.14. The van der Waals surface area contributed by atoms with E-state index in [4.69, 9.17) is 4.52 Å². The van der Waals surface area contributed by atoms with Crippen molar-refractivity contribution < 1.29 is 4.52 Å². The van der Waals surface area contributed by atoms with Crippen LogP contribution < -0.4 is 4.90 Å². The predicted octanol–water partition coefficient (Wildman–Crippen LogP) is 4.49. The molecule has 3 aromatic rings. The van der Waals surface area contributed by atoms with E-state index in [-0.39, 0.29) is 0 Å². The SMILES string of the molecule is Cc1ccc(-c2noc(-c3ccc(N4CCCCCC4)nc3)n2)cc1. The molecule has 0 atom stereocenters. The Hall–Kier alpha value is -2.69. The van der Waals surface area contributed by atoms with Crippen molar-refractivity contribution in [1.29, 1.82) is 0 Å². The van der Waals surface area contributed by atoms with Crippen molar-refractivity contribution in [3.8, 4) is 22.8 Å². The molecule has 4 rings (SSSR count). The number of anilines is 1. The number of rotatable bonds is 3. The first kappa shape index (κ1) is 15.8. The van der Waals surface area contributed by atoms with Crippen LogP contribution in [0.3, 0.4) is 0 Å². The molecule has 5 nitrogen and oxygen atoms in total. The summed E-state index contributed by atoms with van der Waals surface area (Å²) in [5.74, 6) is 2.14. The number of benzene rings is 1. The van der Waals surface area contributed by atoms with Gasteiger partial charge in [0, 0.05) is 24.8 Å². The molecule has 25 heavy (non-hydrogen) atoms. The molecule has 0 bridgehead atoms. The van der Waals surface area contributed by atoms with Gasteiger partial charge in [-0.05, 0) is 31.9 Å². The summed E-state index contributed by atoms with van der Waals surface area (Å²) in [4.78, 5) is 11.5. The summed E-state index contributed by atoms with van der Waals surface area (Å²) >= 11 is 0. The number of hydrogen-bond donors (Lipinski definition) is 0. The van der Waals surface area contributed by atoms with Gasteiger partial charge in [-0.25, -0.2) is 4.98 Å². The minimum atomic E-state index is 0.505. The van der Waals surface area contributed by atoms with Crippen molar-refractivity contribution in [1.82, 2.24) is 15.1 Å². The van der Waals surface area contributed by atoms with Gasteiger partial charge in [0.15, 0.2) is 0 Å². The molecule has 1 fully saturated rings. The molecule has 0 saturated carbocycles. The van der Waals surface area contributed by atoms with Crippen molar-refractivity contribution >= 4 is 5.82 Å². The Kier molecular flexibility index (Phi) is 4.46. The second-order valence-electron chi connectivity index (χ2n) is 6.60. The summed E-state index contributed by atoms with van der Waals surface area (Å²) in [6, 6.07) is 12.2. The largest absolute Gasteiger partial charge is 0.357 e. The van der Waals surface area contributed by atoms with E-state index in [2.05, 4.69) is 33.0 Å². The third-order valence-corrected chi connectivity index (χ3v) is 4.66. The second kappa shape index (κ2) is 7.05. The van der Waals surface area contributed by atoms with Gasteiger partial charge in [-0.1, -0.05) is 47.8 Å². The standard InChI is InChI=1S/C20H22N4O/c1-15-6-8-16(9-7-15)19-22-20(25-23-19)17-10-11-18(21-14-17)24-12-4-2-3-5-13-24/h6-11,14H,2-5,12-13H2,1H3. The quantitative estimate of drug-likeness (QED) is 0.706. The molecule has 0 amide bonds. The minimum Gasteiger partial charge on any atom is -0.357 e. The van der Waals surface area contributed by atoms with Gasteiger partial charge in [-0.3, -0.25) is 0 Å². The Bertz CT molecular complexity index is 816. The van der Waals surface area contributed by atoms with Crippen LogP contribution in [0.15, 0.2) is 47.1 Å². The Morgan fingerprint density at radius 3 is 2.28 bits per heavy atom. The molecular weight excluding hydrogens is 312 g/mol. The molecule has 1 aliphatic rings. The molecule has 0 radical (unpaired) electrons. The summed E-state index contributed by atoms with van der Waals surface area (Å²) in [7, 11) is 0. The molecule has 3 heterocycles. The zero-order chi connectivity index (χ0) is 17.1. The van der Waals surface area contributed by atoms with Crippen LogP contribution in [0.2, 0.25) is 0 Å². The normalized spacial score (nSPS) is 15.2. The maximum Gasteiger partial charge on any atom is 0.259 e. The fraction of sp³-hybridized carbons (Fsp3) is 0.350. The smallest absolute Gasteiger partial charge is 0.259 e. The Morgan fingerprint density at radius 2 is 1.60 bits per heavy atom. The van der Waals surface area contributed by atoms with E-state index in [9.17, 15) is 0 Å². The first-order valence-electron chi connectivity index (χ1n) is 8.92. The number of nitrogens with zero attached hydrogens (tertiary/aromatic N) is 4. The lowest BCUT2D eigenvalue weighted by molar-refractivity contribution is 0.432. The second-order valence-corrected chi connectivity index (χ2v) is 6.60.